The number of halogens is 3. The Bertz CT molecular complexity index is 1010. The first-order valence-corrected chi connectivity index (χ1v) is 7.87. The lowest BCUT2D eigenvalue weighted by atomic mass is 10.0. The van der Waals surface area contributed by atoms with Crippen molar-refractivity contribution in [1.82, 2.24) is 30.0 Å². The number of amides is 1. The zero-order valence-corrected chi connectivity index (χ0v) is 14.4. The van der Waals surface area contributed by atoms with E-state index < -0.39 is 30.4 Å². The zero-order chi connectivity index (χ0) is 20.3. The summed E-state index contributed by atoms with van der Waals surface area (Å²) in [6, 6.07) is 4.06. The van der Waals surface area contributed by atoms with Gasteiger partial charge in [0.05, 0.1) is 11.1 Å². The number of hydrogen-bond donors (Lipinski definition) is 3. The van der Waals surface area contributed by atoms with E-state index >= 15 is 0 Å². The number of alkyl halides is 2. The third kappa shape index (κ3) is 4.16. The standard InChI is InChI=1S/C16H14F3N7O2/c1-26-5-4-10(25-26)23-15-22-7-21-14(24-15)9-3-2-8(6-20-16(27)28)11(12(9)17)13(18)19/h2-5,7,13,20H,6H2,1H3,(H,27,28)(H,21,22,23,24,25). The molecule has 0 bridgehead atoms. The number of carboxylic acid groups (broad SMARTS) is 1. The third-order valence-electron chi connectivity index (χ3n) is 3.68. The van der Waals surface area contributed by atoms with Crippen LogP contribution in [0.15, 0.2) is 30.7 Å². The molecule has 3 aromatic rings. The number of anilines is 2. The molecule has 9 nitrogen and oxygen atoms in total. The molecule has 0 unspecified atom stereocenters. The van der Waals surface area contributed by atoms with Gasteiger partial charge in [-0.2, -0.15) is 10.1 Å². The largest absolute Gasteiger partial charge is 0.465 e. The molecular weight excluding hydrogens is 379 g/mol. The van der Waals surface area contributed by atoms with Crippen molar-refractivity contribution in [2.45, 2.75) is 13.0 Å². The number of carbonyl (C=O) groups is 1. The normalized spacial score (nSPS) is 10.9. The van der Waals surface area contributed by atoms with Crippen LogP contribution >= 0.6 is 0 Å². The first-order valence-electron chi connectivity index (χ1n) is 7.87. The molecule has 2 aromatic heterocycles. The molecule has 28 heavy (non-hydrogen) atoms. The van der Waals surface area contributed by atoms with Gasteiger partial charge in [-0.05, 0) is 11.6 Å². The third-order valence-corrected chi connectivity index (χ3v) is 3.68. The lowest BCUT2D eigenvalue weighted by molar-refractivity contribution is 0.144. The summed E-state index contributed by atoms with van der Waals surface area (Å²) in [5.41, 5.74) is -1.36. The van der Waals surface area contributed by atoms with Crippen molar-refractivity contribution in [3.05, 3.63) is 47.7 Å². The van der Waals surface area contributed by atoms with Crippen LogP contribution in [0.5, 0.6) is 0 Å². The Morgan fingerprint density at radius 2 is 2.07 bits per heavy atom. The molecule has 0 atom stereocenters. The second-order valence-corrected chi connectivity index (χ2v) is 5.59. The van der Waals surface area contributed by atoms with E-state index in [1.54, 1.807) is 24.0 Å². The van der Waals surface area contributed by atoms with Crippen molar-refractivity contribution in [3.63, 3.8) is 0 Å². The van der Waals surface area contributed by atoms with Crippen molar-refractivity contribution in [2.75, 3.05) is 5.32 Å². The van der Waals surface area contributed by atoms with Crippen LogP contribution in [0.3, 0.4) is 0 Å². The van der Waals surface area contributed by atoms with E-state index in [4.69, 9.17) is 5.11 Å². The van der Waals surface area contributed by atoms with Gasteiger partial charge < -0.3 is 15.7 Å². The number of benzene rings is 1. The Hall–Kier alpha value is -3.70. The van der Waals surface area contributed by atoms with E-state index in [0.29, 0.717) is 5.82 Å². The minimum Gasteiger partial charge on any atom is -0.465 e. The number of hydrogen-bond acceptors (Lipinski definition) is 6. The first kappa shape index (κ1) is 19.1. The van der Waals surface area contributed by atoms with E-state index in [1.165, 1.54) is 12.1 Å². The quantitative estimate of drug-likeness (QED) is 0.589. The molecule has 0 aliphatic heterocycles. The molecule has 0 radical (unpaired) electrons. The van der Waals surface area contributed by atoms with Gasteiger partial charge in [-0.1, -0.05) is 6.07 Å². The van der Waals surface area contributed by atoms with Crippen LogP contribution < -0.4 is 10.6 Å². The molecule has 12 heteroatoms. The van der Waals surface area contributed by atoms with E-state index in [1.807, 2.05) is 5.32 Å². The van der Waals surface area contributed by atoms with Crippen LogP contribution in [0.25, 0.3) is 11.4 Å². The molecule has 0 spiro atoms. The lowest BCUT2D eigenvalue weighted by Gasteiger charge is -2.13. The van der Waals surface area contributed by atoms with Crippen LogP contribution in [0.2, 0.25) is 0 Å². The predicted molar refractivity (Wildman–Crippen MR) is 91.5 cm³/mol. The van der Waals surface area contributed by atoms with Gasteiger partial charge in [0.1, 0.15) is 12.1 Å². The highest BCUT2D eigenvalue weighted by atomic mass is 19.3. The number of nitrogens with zero attached hydrogens (tertiary/aromatic N) is 5. The van der Waals surface area contributed by atoms with Crippen LogP contribution in [-0.4, -0.2) is 35.9 Å². The highest BCUT2D eigenvalue weighted by molar-refractivity contribution is 5.65. The van der Waals surface area contributed by atoms with E-state index in [-0.39, 0.29) is 22.9 Å². The average Bonchev–Trinajstić information content (AvgIpc) is 3.04. The molecular formula is C16H14F3N7O2. The lowest BCUT2D eigenvalue weighted by Crippen LogP contribution is -2.21. The first-order chi connectivity index (χ1) is 13.3. The van der Waals surface area contributed by atoms with E-state index in [2.05, 4.69) is 25.4 Å². The maximum Gasteiger partial charge on any atom is 0.404 e. The maximum atomic E-state index is 14.8. The summed E-state index contributed by atoms with van der Waals surface area (Å²) in [6.07, 6.45) is -1.77. The number of aromatic nitrogens is 5. The smallest absolute Gasteiger partial charge is 0.404 e. The van der Waals surface area contributed by atoms with Crippen LogP contribution in [-0.2, 0) is 13.6 Å². The topological polar surface area (TPSA) is 118 Å². The molecule has 1 amide bonds. The van der Waals surface area contributed by atoms with Crippen LogP contribution in [0.1, 0.15) is 17.6 Å². The van der Waals surface area contributed by atoms with Gasteiger partial charge >= 0.3 is 6.09 Å². The molecule has 0 aliphatic carbocycles. The zero-order valence-electron chi connectivity index (χ0n) is 14.4. The molecule has 1 aromatic carbocycles. The molecule has 0 aliphatic rings. The Kier molecular flexibility index (Phi) is 5.38. The van der Waals surface area contributed by atoms with Gasteiger partial charge in [-0.15, -0.1) is 0 Å². The summed E-state index contributed by atoms with van der Waals surface area (Å²) < 4.78 is 43.1. The summed E-state index contributed by atoms with van der Waals surface area (Å²) in [5, 5.41) is 17.4. The SMILES string of the molecule is Cn1ccc(Nc2ncnc(-c3ccc(CNC(=O)O)c(C(F)F)c3F)n2)n1. The van der Waals surface area contributed by atoms with Gasteiger partial charge in [0.25, 0.3) is 6.43 Å². The van der Waals surface area contributed by atoms with Crippen molar-refractivity contribution in [1.29, 1.82) is 0 Å². The number of nitrogens with one attached hydrogen (secondary N) is 2. The summed E-state index contributed by atoms with van der Waals surface area (Å²) in [7, 11) is 1.71. The molecule has 0 fully saturated rings. The summed E-state index contributed by atoms with van der Waals surface area (Å²) in [4.78, 5) is 22.4. The van der Waals surface area contributed by atoms with Crippen molar-refractivity contribution >= 4 is 17.9 Å². The van der Waals surface area contributed by atoms with E-state index in [9.17, 15) is 18.0 Å². The second kappa shape index (κ2) is 7.90. The number of rotatable bonds is 6. The molecule has 0 saturated heterocycles. The highest BCUT2D eigenvalue weighted by Crippen LogP contribution is 2.32. The summed E-state index contributed by atoms with van der Waals surface area (Å²) >= 11 is 0. The van der Waals surface area contributed by atoms with E-state index in [0.717, 1.165) is 6.33 Å². The molecule has 0 saturated carbocycles. The Morgan fingerprint density at radius 1 is 1.29 bits per heavy atom. The fourth-order valence-corrected chi connectivity index (χ4v) is 2.45. The minimum absolute atomic E-state index is 0.0540. The monoisotopic (exact) mass is 393 g/mol. The molecule has 2 heterocycles. The van der Waals surface area contributed by atoms with Crippen LogP contribution in [0.4, 0.5) is 29.7 Å². The summed E-state index contributed by atoms with van der Waals surface area (Å²) in [6.45, 7) is -0.462. The van der Waals surface area contributed by atoms with Crippen molar-refractivity contribution in [3.8, 4) is 11.4 Å². The van der Waals surface area contributed by atoms with Gasteiger partial charge in [0.2, 0.25) is 5.95 Å². The van der Waals surface area contributed by atoms with Crippen molar-refractivity contribution < 1.29 is 23.1 Å². The maximum absolute atomic E-state index is 14.8. The average molecular weight is 393 g/mol. The summed E-state index contributed by atoms with van der Waals surface area (Å²) in [5.74, 6) is -0.901. The Labute approximate surface area is 156 Å². The highest BCUT2D eigenvalue weighted by Gasteiger charge is 2.23. The minimum atomic E-state index is -3.15. The Balaban J connectivity index is 1.95. The van der Waals surface area contributed by atoms with Crippen molar-refractivity contribution in [2.24, 2.45) is 7.05 Å². The van der Waals surface area contributed by atoms with Gasteiger partial charge in [0, 0.05) is 25.9 Å². The molecule has 146 valence electrons. The fraction of sp³-hybridized carbons (Fsp3) is 0.188. The van der Waals surface area contributed by atoms with Gasteiger partial charge in [0.15, 0.2) is 11.6 Å². The fourth-order valence-electron chi connectivity index (χ4n) is 2.45. The van der Waals surface area contributed by atoms with Crippen LogP contribution in [0, 0.1) is 5.82 Å². The Morgan fingerprint density at radius 3 is 2.71 bits per heavy atom. The predicted octanol–water partition coefficient (Wildman–Crippen LogP) is 2.86. The molecule has 3 N–H and O–H groups in total. The molecule has 3 rings (SSSR count). The second-order valence-electron chi connectivity index (χ2n) is 5.59. The van der Waals surface area contributed by atoms with Gasteiger partial charge in [-0.3, -0.25) is 4.68 Å². The van der Waals surface area contributed by atoms with Gasteiger partial charge in [-0.25, -0.2) is 27.9 Å². The number of aryl methyl sites for hydroxylation is 1.